The lowest BCUT2D eigenvalue weighted by Gasteiger charge is -2.06. The van der Waals surface area contributed by atoms with Crippen molar-refractivity contribution >= 4 is 34.3 Å². The molecule has 0 fully saturated rings. The zero-order chi connectivity index (χ0) is 17.1. The van der Waals surface area contributed by atoms with Crippen molar-refractivity contribution in [1.29, 1.82) is 5.26 Å². The minimum Gasteiger partial charge on any atom is -0.492 e. The van der Waals surface area contributed by atoms with Crippen molar-refractivity contribution in [1.82, 2.24) is 9.55 Å². The highest BCUT2D eigenvalue weighted by Gasteiger charge is 2.12. The molecule has 1 heterocycles. The van der Waals surface area contributed by atoms with Gasteiger partial charge in [-0.25, -0.2) is 4.98 Å². The number of hydrogen-bond acceptors (Lipinski definition) is 3. The van der Waals surface area contributed by atoms with Gasteiger partial charge in [-0.2, -0.15) is 5.26 Å². The maximum Gasteiger partial charge on any atom is 0.151 e. The molecule has 24 heavy (non-hydrogen) atoms. The maximum atomic E-state index is 9.57. The second-order valence-electron chi connectivity index (χ2n) is 5.28. The molecule has 3 rings (SSSR count). The number of nitrogens with zero attached hydrogens (tertiary/aromatic N) is 3. The van der Waals surface area contributed by atoms with Gasteiger partial charge in [0.15, 0.2) is 5.82 Å². The van der Waals surface area contributed by atoms with Crippen LogP contribution in [0.3, 0.4) is 0 Å². The summed E-state index contributed by atoms with van der Waals surface area (Å²) >= 11 is 6.22. The molecule has 0 saturated heterocycles. The Balaban J connectivity index is 2.05. The first-order valence-corrected chi connectivity index (χ1v) is 7.97. The Morgan fingerprint density at radius 2 is 2.12 bits per heavy atom. The van der Waals surface area contributed by atoms with E-state index < -0.39 is 0 Å². The lowest BCUT2D eigenvalue weighted by Crippen LogP contribution is -1.96. The Morgan fingerprint density at radius 1 is 1.33 bits per heavy atom. The molecule has 120 valence electrons. The van der Waals surface area contributed by atoms with Crippen molar-refractivity contribution in [3.63, 3.8) is 0 Å². The Bertz CT molecular complexity index is 966. The highest BCUT2D eigenvalue weighted by atomic mass is 35.5. The monoisotopic (exact) mass is 337 g/mol. The number of imidazole rings is 1. The summed E-state index contributed by atoms with van der Waals surface area (Å²) in [4.78, 5) is 4.56. The Hall–Kier alpha value is -2.77. The average molecular weight is 338 g/mol. The molecule has 2 aromatic carbocycles. The molecular formula is C19H16ClN3O. The molecule has 0 saturated carbocycles. The molecule has 0 radical (unpaired) electrons. The van der Waals surface area contributed by atoms with Gasteiger partial charge < -0.3 is 9.30 Å². The van der Waals surface area contributed by atoms with E-state index in [2.05, 4.69) is 11.1 Å². The van der Waals surface area contributed by atoms with E-state index in [1.54, 1.807) is 12.1 Å². The van der Waals surface area contributed by atoms with E-state index in [1.165, 1.54) is 0 Å². The third-order valence-electron chi connectivity index (χ3n) is 3.72. The standard InChI is InChI=1S/C19H16ClN3O/c1-3-24-18-9-8-13(11-15(18)20)10-14(12-21)19-22-16-6-4-5-7-17(16)23(19)2/h4-11H,3H2,1-2H3/b14-10-. The number of rotatable bonds is 4. The third kappa shape index (κ3) is 2.99. The van der Waals surface area contributed by atoms with Gasteiger partial charge >= 0.3 is 0 Å². The minimum atomic E-state index is 0.480. The normalized spacial score (nSPS) is 11.5. The molecule has 0 N–H and O–H groups in total. The van der Waals surface area contributed by atoms with E-state index in [0.717, 1.165) is 16.6 Å². The number of halogens is 1. The van der Waals surface area contributed by atoms with Crippen LogP contribution >= 0.6 is 11.6 Å². The highest BCUT2D eigenvalue weighted by Crippen LogP contribution is 2.28. The van der Waals surface area contributed by atoms with E-state index >= 15 is 0 Å². The number of para-hydroxylation sites is 2. The van der Waals surface area contributed by atoms with Crippen LogP contribution in [0.15, 0.2) is 42.5 Å². The number of hydrogen-bond donors (Lipinski definition) is 0. The van der Waals surface area contributed by atoms with Crippen LogP contribution in [0.5, 0.6) is 5.75 Å². The second kappa shape index (κ2) is 6.77. The molecule has 5 heteroatoms. The van der Waals surface area contributed by atoms with Crippen molar-refractivity contribution in [3.8, 4) is 11.8 Å². The molecule has 1 aromatic heterocycles. The smallest absolute Gasteiger partial charge is 0.151 e. The predicted octanol–water partition coefficient (Wildman–Crippen LogP) is 4.69. The van der Waals surface area contributed by atoms with Crippen molar-refractivity contribution in [2.75, 3.05) is 6.61 Å². The Morgan fingerprint density at radius 3 is 2.79 bits per heavy atom. The average Bonchev–Trinajstić information content (AvgIpc) is 2.92. The zero-order valence-electron chi connectivity index (χ0n) is 13.5. The van der Waals surface area contributed by atoms with Crippen molar-refractivity contribution in [3.05, 3.63) is 58.9 Å². The summed E-state index contributed by atoms with van der Waals surface area (Å²) in [6.45, 7) is 2.46. The van der Waals surface area contributed by atoms with Gasteiger partial charge in [0.1, 0.15) is 11.8 Å². The topological polar surface area (TPSA) is 50.8 Å². The summed E-state index contributed by atoms with van der Waals surface area (Å²) in [7, 11) is 1.90. The first-order chi connectivity index (χ1) is 11.6. The van der Waals surface area contributed by atoms with Gasteiger partial charge in [-0.3, -0.25) is 0 Å². The number of nitriles is 1. The fourth-order valence-corrected chi connectivity index (χ4v) is 2.82. The van der Waals surface area contributed by atoms with Crippen LogP contribution in [0.2, 0.25) is 5.02 Å². The largest absolute Gasteiger partial charge is 0.492 e. The number of aromatic nitrogens is 2. The van der Waals surface area contributed by atoms with Crippen molar-refractivity contribution in [2.24, 2.45) is 7.05 Å². The van der Waals surface area contributed by atoms with E-state index in [4.69, 9.17) is 16.3 Å². The van der Waals surface area contributed by atoms with Crippen LogP contribution in [0.4, 0.5) is 0 Å². The van der Waals surface area contributed by atoms with Crippen molar-refractivity contribution < 1.29 is 4.74 Å². The molecule has 0 unspecified atom stereocenters. The van der Waals surface area contributed by atoms with Gasteiger partial charge in [0.05, 0.1) is 28.2 Å². The second-order valence-corrected chi connectivity index (χ2v) is 5.68. The molecule has 0 atom stereocenters. The first-order valence-electron chi connectivity index (χ1n) is 7.60. The molecule has 0 aliphatic carbocycles. The molecule has 0 aliphatic rings. The van der Waals surface area contributed by atoms with E-state index in [0.29, 0.717) is 28.8 Å². The van der Waals surface area contributed by atoms with Gasteiger partial charge in [-0.1, -0.05) is 29.8 Å². The van der Waals surface area contributed by atoms with Gasteiger partial charge in [-0.15, -0.1) is 0 Å². The first kappa shape index (κ1) is 16.1. The lowest BCUT2D eigenvalue weighted by molar-refractivity contribution is 0.340. The van der Waals surface area contributed by atoms with Crippen LogP contribution in [0.1, 0.15) is 18.3 Å². The van der Waals surface area contributed by atoms with Crippen LogP contribution in [-0.4, -0.2) is 16.2 Å². The van der Waals surface area contributed by atoms with Crippen molar-refractivity contribution in [2.45, 2.75) is 6.92 Å². The number of benzene rings is 2. The fourth-order valence-electron chi connectivity index (χ4n) is 2.58. The Kier molecular flexibility index (Phi) is 4.54. The summed E-state index contributed by atoms with van der Waals surface area (Å²) in [5.41, 5.74) is 3.15. The minimum absolute atomic E-state index is 0.480. The SMILES string of the molecule is CCOc1ccc(/C=C(/C#N)c2nc3ccccc3n2C)cc1Cl. The van der Waals surface area contributed by atoms with Gasteiger partial charge in [-0.05, 0) is 42.8 Å². The molecule has 0 aliphatic heterocycles. The fraction of sp³-hybridized carbons (Fsp3) is 0.158. The number of allylic oxidation sites excluding steroid dienone is 1. The van der Waals surface area contributed by atoms with Crippen LogP contribution < -0.4 is 4.74 Å². The van der Waals surface area contributed by atoms with Gasteiger partial charge in [0.2, 0.25) is 0 Å². The molecular weight excluding hydrogens is 322 g/mol. The maximum absolute atomic E-state index is 9.57. The molecule has 0 amide bonds. The molecule has 0 spiro atoms. The summed E-state index contributed by atoms with van der Waals surface area (Å²) < 4.78 is 7.35. The molecule has 4 nitrogen and oxygen atoms in total. The zero-order valence-corrected chi connectivity index (χ0v) is 14.2. The van der Waals surface area contributed by atoms with E-state index in [9.17, 15) is 5.26 Å². The van der Waals surface area contributed by atoms with E-state index in [-0.39, 0.29) is 0 Å². The number of ether oxygens (including phenoxy) is 1. The number of fused-ring (bicyclic) bond motifs is 1. The summed E-state index contributed by atoms with van der Waals surface area (Å²) in [6, 6.07) is 15.5. The Labute approximate surface area is 145 Å². The predicted molar refractivity (Wildman–Crippen MR) is 96.8 cm³/mol. The molecule has 3 aromatic rings. The summed E-state index contributed by atoms with van der Waals surface area (Å²) in [6.07, 6.45) is 1.78. The lowest BCUT2D eigenvalue weighted by atomic mass is 10.1. The quantitative estimate of drug-likeness (QED) is 0.649. The highest BCUT2D eigenvalue weighted by molar-refractivity contribution is 6.32. The van der Waals surface area contributed by atoms with Crippen LogP contribution in [0.25, 0.3) is 22.7 Å². The van der Waals surface area contributed by atoms with Crippen LogP contribution in [-0.2, 0) is 7.05 Å². The third-order valence-corrected chi connectivity index (χ3v) is 4.01. The summed E-state index contributed by atoms with van der Waals surface area (Å²) in [5, 5.41) is 10.1. The van der Waals surface area contributed by atoms with Gasteiger partial charge in [0.25, 0.3) is 0 Å². The number of aryl methyl sites for hydroxylation is 1. The molecule has 0 bridgehead atoms. The van der Waals surface area contributed by atoms with Crippen LogP contribution in [0, 0.1) is 11.3 Å². The van der Waals surface area contributed by atoms with E-state index in [1.807, 2.05) is 54.9 Å². The van der Waals surface area contributed by atoms with Gasteiger partial charge in [0, 0.05) is 7.05 Å². The summed E-state index contributed by atoms with van der Waals surface area (Å²) in [5.74, 6) is 1.27.